The predicted molar refractivity (Wildman–Crippen MR) is 81.4 cm³/mol. The van der Waals surface area contributed by atoms with Crippen molar-refractivity contribution in [1.29, 1.82) is 0 Å². The number of aromatic amines is 1. The van der Waals surface area contributed by atoms with Gasteiger partial charge in [0.05, 0.1) is 0 Å². The number of nitrogens with zero attached hydrogens (tertiary/aromatic N) is 2. The monoisotopic (exact) mass is 285 g/mol. The van der Waals surface area contributed by atoms with Crippen molar-refractivity contribution in [3.05, 3.63) is 53.1 Å². The molecule has 0 aliphatic heterocycles. The predicted octanol–water partition coefficient (Wildman–Crippen LogP) is 3.69. The first kappa shape index (κ1) is 12.9. The molecule has 3 aromatic rings. The van der Waals surface area contributed by atoms with Crippen LogP contribution in [0.25, 0.3) is 10.8 Å². The number of ether oxygens (including phenoxy) is 1. The van der Waals surface area contributed by atoms with Crippen LogP contribution in [0.1, 0.15) is 12.7 Å². The molecule has 0 aliphatic carbocycles. The summed E-state index contributed by atoms with van der Waals surface area (Å²) in [7, 11) is 0. The average Bonchev–Trinajstić information content (AvgIpc) is 2.85. The summed E-state index contributed by atoms with van der Waals surface area (Å²) in [6.45, 7) is 3.22. The molecule has 20 heavy (non-hydrogen) atoms. The van der Waals surface area contributed by atoms with Crippen LogP contribution < -0.4 is 4.74 Å². The van der Waals surface area contributed by atoms with E-state index in [1.807, 2.05) is 35.8 Å². The molecule has 0 atom stereocenters. The van der Waals surface area contributed by atoms with E-state index < -0.39 is 0 Å². The molecule has 0 aliphatic rings. The summed E-state index contributed by atoms with van der Waals surface area (Å²) >= 11 is 5.16. The van der Waals surface area contributed by atoms with E-state index in [0.29, 0.717) is 11.4 Å². The second kappa shape index (κ2) is 5.46. The molecular formula is C15H15N3OS. The quantitative estimate of drug-likeness (QED) is 0.743. The summed E-state index contributed by atoms with van der Waals surface area (Å²) in [5.74, 6) is 1.64. The van der Waals surface area contributed by atoms with Gasteiger partial charge >= 0.3 is 0 Å². The standard InChI is InChI=1S/C15H15N3OS/c1-2-18-14(16-17-15(18)20)10-19-13-8-7-11-5-3-4-6-12(11)9-13/h3-9H,2,10H2,1H3,(H,17,20). The van der Waals surface area contributed by atoms with Crippen molar-refractivity contribution >= 4 is 23.0 Å². The van der Waals surface area contributed by atoms with Gasteiger partial charge in [-0.15, -0.1) is 0 Å². The highest BCUT2D eigenvalue weighted by Crippen LogP contribution is 2.21. The second-order valence-electron chi connectivity index (χ2n) is 4.49. The van der Waals surface area contributed by atoms with Crippen LogP contribution in [-0.2, 0) is 13.2 Å². The maximum absolute atomic E-state index is 5.81. The van der Waals surface area contributed by atoms with Crippen LogP contribution in [-0.4, -0.2) is 14.8 Å². The summed E-state index contributed by atoms with van der Waals surface area (Å²) < 4.78 is 8.36. The molecule has 0 saturated heterocycles. The second-order valence-corrected chi connectivity index (χ2v) is 4.87. The number of nitrogens with one attached hydrogen (secondary N) is 1. The first-order chi connectivity index (χ1) is 9.78. The largest absolute Gasteiger partial charge is 0.486 e. The molecule has 1 aromatic heterocycles. The highest BCUT2D eigenvalue weighted by molar-refractivity contribution is 7.71. The number of hydrogen-bond donors (Lipinski definition) is 1. The molecule has 102 valence electrons. The molecule has 0 spiro atoms. The Bertz CT molecular complexity index is 791. The third-order valence-electron chi connectivity index (χ3n) is 3.24. The SMILES string of the molecule is CCn1c(COc2ccc3ccccc3c2)n[nH]c1=S. The van der Waals surface area contributed by atoms with E-state index in [1.54, 1.807) is 0 Å². The van der Waals surface area contributed by atoms with Crippen molar-refractivity contribution in [3.63, 3.8) is 0 Å². The van der Waals surface area contributed by atoms with Crippen molar-refractivity contribution < 1.29 is 4.74 Å². The summed E-state index contributed by atoms with van der Waals surface area (Å²) in [5.41, 5.74) is 0. The molecule has 0 saturated carbocycles. The van der Waals surface area contributed by atoms with Gasteiger partial charge < -0.3 is 9.30 Å². The normalized spacial score (nSPS) is 10.8. The summed E-state index contributed by atoms with van der Waals surface area (Å²) in [5, 5.41) is 9.35. The lowest BCUT2D eigenvalue weighted by Crippen LogP contribution is -2.06. The highest BCUT2D eigenvalue weighted by atomic mass is 32.1. The Morgan fingerprint density at radius 3 is 2.80 bits per heavy atom. The van der Waals surface area contributed by atoms with Crippen molar-refractivity contribution in [2.24, 2.45) is 0 Å². The lowest BCUT2D eigenvalue weighted by atomic mass is 10.1. The highest BCUT2D eigenvalue weighted by Gasteiger charge is 2.05. The van der Waals surface area contributed by atoms with E-state index in [0.717, 1.165) is 18.1 Å². The van der Waals surface area contributed by atoms with E-state index in [2.05, 4.69) is 28.4 Å². The minimum atomic E-state index is 0.402. The maximum Gasteiger partial charge on any atom is 0.195 e. The Hall–Kier alpha value is -2.14. The summed E-state index contributed by atoms with van der Waals surface area (Å²) in [6.07, 6.45) is 0. The summed E-state index contributed by atoms with van der Waals surface area (Å²) in [4.78, 5) is 0. The number of H-pyrrole nitrogens is 1. The van der Waals surface area contributed by atoms with E-state index in [9.17, 15) is 0 Å². The van der Waals surface area contributed by atoms with Crippen molar-refractivity contribution in [1.82, 2.24) is 14.8 Å². The minimum Gasteiger partial charge on any atom is -0.486 e. The molecule has 0 bridgehead atoms. The first-order valence-electron chi connectivity index (χ1n) is 6.53. The van der Waals surface area contributed by atoms with Crippen molar-refractivity contribution in [3.8, 4) is 5.75 Å². The number of aromatic nitrogens is 3. The Balaban J connectivity index is 1.81. The van der Waals surface area contributed by atoms with Gasteiger partial charge in [-0.1, -0.05) is 30.3 Å². The van der Waals surface area contributed by atoms with Gasteiger partial charge in [0.1, 0.15) is 12.4 Å². The Morgan fingerprint density at radius 1 is 1.20 bits per heavy atom. The Morgan fingerprint density at radius 2 is 2.00 bits per heavy atom. The Labute approximate surface area is 122 Å². The van der Waals surface area contributed by atoms with Crippen LogP contribution in [0.4, 0.5) is 0 Å². The molecule has 2 aromatic carbocycles. The molecular weight excluding hydrogens is 270 g/mol. The van der Waals surface area contributed by atoms with Crippen LogP contribution in [0.15, 0.2) is 42.5 Å². The van der Waals surface area contributed by atoms with Crippen LogP contribution in [0.2, 0.25) is 0 Å². The molecule has 3 rings (SSSR count). The fourth-order valence-electron chi connectivity index (χ4n) is 2.19. The van der Waals surface area contributed by atoms with E-state index >= 15 is 0 Å². The van der Waals surface area contributed by atoms with Gasteiger partial charge in [0, 0.05) is 6.54 Å². The van der Waals surface area contributed by atoms with Gasteiger partial charge in [-0.2, -0.15) is 5.10 Å². The minimum absolute atomic E-state index is 0.402. The zero-order valence-corrected chi connectivity index (χ0v) is 12.0. The van der Waals surface area contributed by atoms with Crippen LogP contribution in [0.3, 0.4) is 0 Å². The van der Waals surface area contributed by atoms with Crippen LogP contribution >= 0.6 is 12.2 Å². The fourth-order valence-corrected chi connectivity index (χ4v) is 2.47. The van der Waals surface area contributed by atoms with Crippen molar-refractivity contribution in [2.45, 2.75) is 20.1 Å². The van der Waals surface area contributed by atoms with Gasteiger partial charge in [-0.05, 0) is 42.0 Å². The average molecular weight is 285 g/mol. The van der Waals surface area contributed by atoms with Gasteiger partial charge in [-0.3, -0.25) is 5.10 Å². The Kier molecular flexibility index (Phi) is 3.52. The van der Waals surface area contributed by atoms with Crippen LogP contribution in [0.5, 0.6) is 5.75 Å². The lowest BCUT2D eigenvalue weighted by molar-refractivity contribution is 0.289. The van der Waals surface area contributed by atoms with E-state index in [4.69, 9.17) is 17.0 Å². The fraction of sp³-hybridized carbons (Fsp3) is 0.200. The van der Waals surface area contributed by atoms with Gasteiger partial charge in [0.25, 0.3) is 0 Å². The molecule has 0 amide bonds. The smallest absolute Gasteiger partial charge is 0.195 e. The number of hydrogen-bond acceptors (Lipinski definition) is 3. The van der Waals surface area contributed by atoms with Gasteiger partial charge in [0.2, 0.25) is 0 Å². The van der Waals surface area contributed by atoms with E-state index in [-0.39, 0.29) is 0 Å². The lowest BCUT2D eigenvalue weighted by Gasteiger charge is -2.07. The van der Waals surface area contributed by atoms with Crippen molar-refractivity contribution in [2.75, 3.05) is 0 Å². The summed E-state index contributed by atoms with van der Waals surface area (Å²) in [6, 6.07) is 14.3. The zero-order chi connectivity index (χ0) is 13.9. The molecule has 1 N–H and O–H groups in total. The number of benzene rings is 2. The third-order valence-corrected chi connectivity index (χ3v) is 3.55. The third kappa shape index (κ3) is 2.44. The molecule has 5 heteroatoms. The van der Waals surface area contributed by atoms with E-state index in [1.165, 1.54) is 10.8 Å². The molecule has 0 fully saturated rings. The first-order valence-corrected chi connectivity index (χ1v) is 6.94. The maximum atomic E-state index is 5.81. The van der Waals surface area contributed by atoms with Crippen LogP contribution in [0, 0.1) is 4.77 Å². The number of rotatable bonds is 4. The topological polar surface area (TPSA) is 42.8 Å². The van der Waals surface area contributed by atoms with Gasteiger partial charge in [0.15, 0.2) is 10.6 Å². The molecule has 0 radical (unpaired) electrons. The number of fused-ring (bicyclic) bond motifs is 1. The van der Waals surface area contributed by atoms with Gasteiger partial charge in [-0.25, -0.2) is 0 Å². The zero-order valence-electron chi connectivity index (χ0n) is 11.2. The molecule has 4 nitrogen and oxygen atoms in total. The molecule has 0 unspecified atom stereocenters. The molecule has 1 heterocycles.